The molecular formula is C13H17NO3. The normalized spacial score (nSPS) is 13.1. The minimum Gasteiger partial charge on any atom is -0.454 e. The lowest BCUT2D eigenvalue weighted by Crippen LogP contribution is -2.23. The number of likely N-dealkylation sites (N-methyl/N-ethyl adjacent to an activating group) is 1. The smallest absolute Gasteiger partial charge is 0.231 e. The van der Waals surface area contributed by atoms with Gasteiger partial charge in [0.2, 0.25) is 6.79 Å². The molecule has 92 valence electrons. The van der Waals surface area contributed by atoms with Crippen LogP contribution < -0.4 is 9.47 Å². The summed E-state index contributed by atoms with van der Waals surface area (Å²) in [7, 11) is 1.94. The molecule has 0 spiro atoms. The quantitative estimate of drug-likeness (QED) is 0.723. The number of hydrogen-bond donors (Lipinski definition) is 0. The van der Waals surface area contributed by atoms with E-state index in [0.29, 0.717) is 13.3 Å². The first-order chi connectivity index (χ1) is 8.20. The lowest BCUT2D eigenvalue weighted by atomic mass is 10.0. The molecule has 0 radical (unpaired) electrons. The van der Waals surface area contributed by atoms with Crippen molar-refractivity contribution >= 4 is 6.29 Å². The summed E-state index contributed by atoms with van der Waals surface area (Å²) >= 11 is 0. The zero-order valence-electron chi connectivity index (χ0n) is 10.2. The van der Waals surface area contributed by atoms with E-state index in [4.69, 9.17) is 9.47 Å². The van der Waals surface area contributed by atoms with Gasteiger partial charge in [-0.25, -0.2) is 0 Å². The van der Waals surface area contributed by atoms with E-state index in [2.05, 4.69) is 6.92 Å². The average molecular weight is 235 g/mol. The lowest BCUT2D eigenvalue weighted by Gasteiger charge is -2.14. The van der Waals surface area contributed by atoms with E-state index in [-0.39, 0.29) is 0 Å². The zero-order chi connectivity index (χ0) is 12.3. The van der Waals surface area contributed by atoms with Crippen LogP contribution in [0.5, 0.6) is 11.5 Å². The molecule has 0 saturated heterocycles. The molecule has 0 atom stereocenters. The van der Waals surface area contributed by atoms with Crippen LogP contribution >= 0.6 is 0 Å². The Kier molecular flexibility index (Phi) is 3.64. The molecule has 0 N–H and O–H groups in total. The largest absolute Gasteiger partial charge is 0.454 e. The van der Waals surface area contributed by atoms with Crippen LogP contribution in [-0.2, 0) is 11.2 Å². The van der Waals surface area contributed by atoms with Gasteiger partial charge in [-0.05, 0) is 43.7 Å². The second-order valence-electron chi connectivity index (χ2n) is 4.31. The highest BCUT2D eigenvalue weighted by atomic mass is 16.7. The Labute approximate surface area is 101 Å². The molecule has 1 aromatic carbocycles. The van der Waals surface area contributed by atoms with Crippen LogP contribution in [0.4, 0.5) is 0 Å². The summed E-state index contributed by atoms with van der Waals surface area (Å²) in [5, 5.41) is 0. The molecule has 0 aromatic heterocycles. The second-order valence-corrected chi connectivity index (χ2v) is 4.31. The number of rotatable bonds is 5. The Morgan fingerprint density at radius 3 is 2.76 bits per heavy atom. The van der Waals surface area contributed by atoms with Crippen molar-refractivity contribution in [1.29, 1.82) is 0 Å². The maximum atomic E-state index is 10.4. The van der Waals surface area contributed by atoms with Crippen LogP contribution in [0.3, 0.4) is 0 Å². The Morgan fingerprint density at radius 2 is 2.06 bits per heavy atom. The Balaban J connectivity index is 2.03. The van der Waals surface area contributed by atoms with E-state index < -0.39 is 0 Å². The number of aldehydes is 1. The summed E-state index contributed by atoms with van der Waals surface area (Å²) in [6.07, 6.45) is 1.83. The van der Waals surface area contributed by atoms with Crippen LogP contribution in [0, 0.1) is 6.92 Å². The molecule has 0 amide bonds. The molecule has 1 heterocycles. The van der Waals surface area contributed by atoms with E-state index in [0.717, 1.165) is 30.8 Å². The van der Waals surface area contributed by atoms with Gasteiger partial charge in [0.05, 0.1) is 6.54 Å². The van der Waals surface area contributed by atoms with E-state index in [1.165, 1.54) is 11.1 Å². The van der Waals surface area contributed by atoms with Crippen molar-refractivity contribution in [3.05, 3.63) is 23.3 Å². The van der Waals surface area contributed by atoms with E-state index in [1.54, 1.807) is 0 Å². The second kappa shape index (κ2) is 5.19. The molecule has 0 fully saturated rings. The fraction of sp³-hybridized carbons (Fsp3) is 0.462. The van der Waals surface area contributed by atoms with Crippen LogP contribution in [0.2, 0.25) is 0 Å². The van der Waals surface area contributed by atoms with Crippen molar-refractivity contribution in [3.63, 3.8) is 0 Å². The highest BCUT2D eigenvalue weighted by Gasteiger charge is 2.15. The Morgan fingerprint density at radius 1 is 1.35 bits per heavy atom. The third-order valence-electron chi connectivity index (χ3n) is 2.98. The summed E-state index contributed by atoms with van der Waals surface area (Å²) in [5.41, 5.74) is 2.45. The fourth-order valence-corrected chi connectivity index (χ4v) is 1.88. The zero-order valence-corrected chi connectivity index (χ0v) is 10.2. The molecular weight excluding hydrogens is 218 g/mol. The highest BCUT2D eigenvalue weighted by Crippen LogP contribution is 2.34. The van der Waals surface area contributed by atoms with Crippen molar-refractivity contribution in [1.82, 2.24) is 4.90 Å². The van der Waals surface area contributed by atoms with Gasteiger partial charge in [0.15, 0.2) is 11.5 Å². The van der Waals surface area contributed by atoms with E-state index >= 15 is 0 Å². The topological polar surface area (TPSA) is 38.8 Å². The minimum absolute atomic E-state index is 0.309. The molecule has 1 aliphatic rings. The monoisotopic (exact) mass is 235 g/mol. The Bertz CT molecular complexity index is 417. The SMILES string of the molecule is Cc1cc2c(cc1CCN(C)CC=O)OCO2. The van der Waals surface area contributed by atoms with Gasteiger partial charge >= 0.3 is 0 Å². The number of benzene rings is 1. The van der Waals surface area contributed by atoms with E-state index in [1.807, 2.05) is 24.1 Å². The molecule has 1 aliphatic heterocycles. The Hall–Kier alpha value is -1.55. The van der Waals surface area contributed by atoms with Gasteiger partial charge in [0.1, 0.15) is 6.29 Å². The molecule has 4 heteroatoms. The highest BCUT2D eigenvalue weighted by molar-refractivity contribution is 5.52. The molecule has 0 unspecified atom stereocenters. The van der Waals surface area contributed by atoms with Gasteiger partial charge in [-0.3, -0.25) is 4.90 Å². The van der Waals surface area contributed by atoms with Crippen LogP contribution in [0.15, 0.2) is 12.1 Å². The number of ether oxygens (including phenoxy) is 2. The van der Waals surface area contributed by atoms with Crippen molar-refractivity contribution in [3.8, 4) is 11.5 Å². The number of nitrogens with zero attached hydrogens (tertiary/aromatic N) is 1. The third-order valence-corrected chi connectivity index (χ3v) is 2.98. The first kappa shape index (κ1) is 11.9. The maximum absolute atomic E-state index is 10.4. The predicted molar refractivity (Wildman–Crippen MR) is 64.6 cm³/mol. The molecule has 1 aromatic rings. The van der Waals surface area contributed by atoms with Gasteiger partial charge in [0, 0.05) is 6.54 Å². The van der Waals surface area contributed by atoms with Gasteiger partial charge in [-0.15, -0.1) is 0 Å². The lowest BCUT2D eigenvalue weighted by molar-refractivity contribution is -0.108. The van der Waals surface area contributed by atoms with Gasteiger partial charge in [0.25, 0.3) is 0 Å². The number of carbonyl (C=O) groups is 1. The van der Waals surface area contributed by atoms with Crippen molar-refractivity contribution in [2.24, 2.45) is 0 Å². The predicted octanol–water partition coefficient (Wildman–Crippen LogP) is 1.40. The minimum atomic E-state index is 0.309. The molecule has 17 heavy (non-hydrogen) atoms. The molecule has 0 saturated carbocycles. The summed E-state index contributed by atoms with van der Waals surface area (Å²) in [4.78, 5) is 12.4. The first-order valence-corrected chi connectivity index (χ1v) is 5.72. The number of hydrogen-bond acceptors (Lipinski definition) is 4. The number of fused-ring (bicyclic) bond motifs is 1. The van der Waals surface area contributed by atoms with Crippen molar-refractivity contribution in [2.45, 2.75) is 13.3 Å². The number of aryl methyl sites for hydroxylation is 1. The summed E-state index contributed by atoms with van der Waals surface area (Å²) in [6, 6.07) is 4.05. The molecule has 2 rings (SSSR count). The van der Waals surface area contributed by atoms with Gasteiger partial charge in [-0.2, -0.15) is 0 Å². The number of carbonyl (C=O) groups excluding carboxylic acids is 1. The summed E-state index contributed by atoms with van der Waals surface area (Å²) in [6.45, 7) is 3.71. The van der Waals surface area contributed by atoms with Crippen LogP contribution in [0.25, 0.3) is 0 Å². The van der Waals surface area contributed by atoms with Crippen LogP contribution in [0.1, 0.15) is 11.1 Å². The molecule has 0 bridgehead atoms. The first-order valence-electron chi connectivity index (χ1n) is 5.72. The van der Waals surface area contributed by atoms with Crippen molar-refractivity contribution in [2.75, 3.05) is 26.9 Å². The standard InChI is InChI=1S/C13H17NO3/c1-10-7-12-13(17-9-16-12)8-11(10)3-4-14(2)5-6-15/h6-8H,3-5,9H2,1-2H3. The molecule has 4 nitrogen and oxygen atoms in total. The van der Waals surface area contributed by atoms with Gasteiger partial charge in [-0.1, -0.05) is 0 Å². The summed E-state index contributed by atoms with van der Waals surface area (Å²) < 4.78 is 10.7. The summed E-state index contributed by atoms with van der Waals surface area (Å²) in [5.74, 6) is 1.65. The average Bonchev–Trinajstić information content (AvgIpc) is 2.73. The van der Waals surface area contributed by atoms with E-state index in [9.17, 15) is 4.79 Å². The fourth-order valence-electron chi connectivity index (χ4n) is 1.88. The van der Waals surface area contributed by atoms with Crippen LogP contribution in [-0.4, -0.2) is 38.1 Å². The third kappa shape index (κ3) is 2.77. The van der Waals surface area contributed by atoms with Crippen molar-refractivity contribution < 1.29 is 14.3 Å². The van der Waals surface area contributed by atoms with Gasteiger partial charge < -0.3 is 14.3 Å². The maximum Gasteiger partial charge on any atom is 0.231 e. The molecule has 0 aliphatic carbocycles.